The summed E-state index contributed by atoms with van der Waals surface area (Å²) < 4.78 is 0. The van der Waals surface area contributed by atoms with E-state index in [0.717, 1.165) is 43.9 Å². The smallest absolute Gasteiger partial charge is 0.320 e. The first-order valence-electron chi connectivity index (χ1n) is 6.67. The van der Waals surface area contributed by atoms with Crippen molar-refractivity contribution in [2.24, 2.45) is 17.8 Å². The lowest BCUT2D eigenvalue weighted by molar-refractivity contribution is 0.0378. The van der Waals surface area contributed by atoms with Crippen molar-refractivity contribution in [2.75, 3.05) is 26.2 Å². The summed E-state index contributed by atoms with van der Waals surface area (Å²) in [6, 6.07) is 0.279. The van der Waals surface area contributed by atoms with E-state index in [2.05, 4.69) is 20.8 Å². The highest BCUT2D eigenvalue weighted by molar-refractivity contribution is 5.76. The Morgan fingerprint density at radius 3 is 2.25 bits per heavy atom. The summed E-state index contributed by atoms with van der Waals surface area (Å²) in [5, 5.41) is 0. The van der Waals surface area contributed by atoms with Gasteiger partial charge < -0.3 is 9.80 Å². The van der Waals surface area contributed by atoms with Crippen LogP contribution in [0.2, 0.25) is 0 Å². The fraction of sp³-hybridized carbons (Fsp3) is 0.923. The molecule has 3 heteroatoms. The molecule has 2 aliphatic rings. The summed E-state index contributed by atoms with van der Waals surface area (Å²) in [5.41, 5.74) is 0. The van der Waals surface area contributed by atoms with Crippen molar-refractivity contribution in [2.45, 2.75) is 33.6 Å². The molecule has 0 radical (unpaired) electrons. The molecule has 0 aromatic heterocycles. The minimum absolute atomic E-state index is 0.279. The Bertz CT molecular complexity index is 255. The Hall–Kier alpha value is -0.730. The Labute approximate surface area is 98.8 Å². The second-order valence-corrected chi connectivity index (χ2v) is 5.60. The molecule has 0 aromatic rings. The zero-order chi connectivity index (χ0) is 11.7. The monoisotopic (exact) mass is 224 g/mol. The molecule has 1 unspecified atom stereocenters. The van der Waals surface area contributed by atoms with Gasteiger partial charge in [-0.15, -0.1) is 0 Å². The molecule has 2 heterocycles. The number of likely N-dealkylation sites (tertiary alicyclic amines) is 2. The average molecular weight is 224 g/mol. The van der Waals surface area contributed by atoms with E-state index in [9.17, 15) is 4.79 Å². The second kappa shape index (κ2) is 4.64. The van der Waals surface area contributed by atoms with E-state index in [-0.39, 0.29) is 6.03 Å². The largest absolute Gasteiger partial charge is 0.325 e. The van der Waals surface area contributed by atoms with Crippen LogP contribution in [0.3, 0.4) is 0 Å². The van der Waals surface area contributed by atoms with Crippen molar-refractivity contribution < 1.29 is 4.79 Å². The number of carbonyl (C=O) groups excluding carboxylic acids is 1. The molecule has 2 fully saturated rings. The fourth-order valence-electron chi connectivity index (χ4n) is 3.00. The van der Waals surface area contributed by atoms with Crippen molar-refractivity contribution in [3.8, 4) is 0 Å². The Kier molecular flexibility index (Phi) is 3.41. The summed E-state index contributed by atoms with van der Waals surface area (Å²) >= 11 is 0. The number of nitrogens with zero attached hydrogens (tertiary/aromatic N) is 2. The lowest BCUT2D eigenvalue weighted by Crippen LogP contribution is -2.59. The third kappa shape index (κ3) is 2.04. The van der Waals surface area contributed by atoms with Crippen molar-refractivity contribution in [1.82, 2.24) is 9.80 Å². The molecule has 1 atom stereocenters. The van der Waals surface area contributed by atoms with E-state index in [1.54, 1.807) is 0 Å². The van der Waals surface area contributed by atoms with E-state index in [4.69, 9.17) is 0 Å². The number of hydrogen-bond acceptors (Lipinski definition) is 1. The standard InChI is InChI=1S/C13H24N2O/c1-4-12(10(2)3)11-8-15(9-11)13(16)14-6-5-7-14/h10-12H,4-9H2,1-3H3. The van der Waals surface area contributed by atoms with Gasteiger partial charge >= 0.3 is 6.03 Å². The van der Waals surface area contributed by atoms with Crippen molar-refractivity contribution >= 4 is 6.03 Å². The molecule has 3 nitrogen and oxygen atoms in total. The van der Waals surface area contributed by atoms with Crippen LogP contribution in [0.25, 0.3) is 0 Å². The number of rotatable bonds is 3. The summed E-state index contributed by atoms with van der Waals surface area (Å²) in [6.45, 7) is 10.8. The number of hydrogen-bond donors (Lipinski definition) is 0. The van der Waals surface area contributed by atoms with Crippen molar-refractivity contribution in [1.29, 1.82) is 0 Å². The Morgan fingerprint density at radius 2 is 1.88 bits per heavy atom. The lowest BCUT2D eigenvalue weighted by atomic mass is 9.77. The highest BCUT2D eigenvalue weighted by Gasteiger charge is 2.38. The minimum atomic E-state index is 0.279. The zero-order valence-corrected chi connectivity index (χ0v) is 10.8. The van der Waals surface area contributed by atoms with Crippen LogP contribution in [0.4, 0.5) is 4.79 Å². The first-order chi connectivity index (χ1) is 7.63. The molecule has 0 aromatic carbocycles. The van der Waals surface area contributed by atoms with Crippen LogP contribution < -0.4 is 0 Å². The van der Waals surface area contributed by atoms with Gasteiger partial charge in [0.2, 0.25) is 0 Å². The van der Waals surface area contributed by atoms with Crippen LogP contribution >= 0.6 is 0 Å². The molecule has 16 heavy (non-hydrogen) atoms. The van der Waals surface area contributed by atoms with E-state index in [1.807, 2.05) is 9.80 Å². The second-order valence-electron chi connectivity index (χ2n) is 5.60. The minimum Gasteiger partial charge on any atom is -0.325 e. The predicted molar refractivity (Wildman–Crippen MR) is 65.3 cm³/mol. The highest BCUT2D eigenvalue weighted by Crippen LogP contribution is 2.32. The average Bonchev–Trinajstić information content (AvgIpc) is 2.05. The number of amides is 2. The molecule has 2 saturated heterocycles. The van der Waals surface area contributed by atoms with Crippen LogP contribution in [0.15, 0.2) is 0 Å². The third-order valence-corrected chi connectivity index (χ3v) is 4.24. The van der Waals surface area contributed by atoms with Gasteiger partial charge in [-0.05, 0) is 24.2 Å². The molecule has 0 spiro atoms. The molecule has 0 saturated carbocycles. The maximum Gasteiger partial charge on any atom is 0.320 e. The Balaban J connectivity index is 1.78. The van der Waals surface area contributed by atoms with Gasteiger partial charge in [0.05, 0.1) is 0 Å². The molecular weight excluding hydrogens is 200 g/mol. The fourth-order valence-corrected chi connectivity index (χ4v) is 3.00. The van der Waals surface area contributed by atoms with Crippen LogP contribution in [-0.4, -0.2) is 42.0 Å². The number of urea groups is 1. The Morgan fingerprint density at radius 1 is 1.25 bits per heavy atom. The highest BCUT2D eigenvalue weighted by atomic mass is 16.2. The normalized spacial score (nSPS) is 23.0. The van der Waals surface area contributed by atoms with Gasteiger partial charge in [0.1, 0.15) is 0 Å². The van der Waals surface area contributed by atoms with Gasteiger partial charge in [0.25, 0.3) is 0 Å². The van der Waals surface area contributed by atoms with Crippen LogP contribution in [0, 0.1) is 17.8 Å². The van der Waals surface area contributed by atoms with Crippen molar-refractivity contribution in [3.63, 3.8) is 0 Å². The van der Waals surface area contributed by atoms with Crippen LogP contribution in [-0.2, 0) is 0 Å². The van der Waals surface area contributed by atoms with Gasteiger partial charge in [-0.3, -0.25) is 0 Å². The number of carbonyl (C=O) groups is 1. The SMILES string of the molecule is CCC(C(C)C)C1CN(C(=O)N2CCC2)C1. The molecule has 0 N–H and O–H groups in total. The molecule has 0 bridgehead atoms. The zero-order valence-electron chi connectivity index (χ0n) is 10.8. The van der Waals surface area contributed by atoms with Gasteiger partial charge in [-0.1, -0.05) is 27.2 Å². The van der Waals surface area contributed by atoms with E-state index in [1.165, 1.54) is 12.8 Å². The van der Waals surface area contributed by atoms with Gasteiger partial charge in [0.15, 0.2) is 0 Å². The molecule has 2 rings (SSSR count). The maximum absolute atomic E-state index is 11.9. The first kappa shape index (κ1) is 11.7. The first-order valence-corrected chi connectivity index (χ1v) is 6.67. The molecule has 0 aliphatic carbocycles. The van der Waals surface area contributed by atoms with E-state index >= 15 is 0 Å². The third-order valence-electron chi connectivity index (χ3n) is 4.24. The summed E-state index contributed by atoms with van der Waals surface area (Å²) in [5.74, 6) is 2.28. The summed E-state index contributed by atoms with van der Waals surface area (Å²) in [4.78, 5) is 15.9. The summed E-state index contributed by atoms with van der Waals surface area (Å²) in [7, 11) is 0. The van der Waals surface area contributed by atoms with E-state index < -0.39 is 0 Å². The molecule has 2 amide bonds. The van der Waals surface area contributed by atoms with Gasteiger partial charge in [0, 0.05) is 26.2 Å². The van der Waals surface area contributed by atoms with Gasteiger partial charge in [-0.2, -0.15) is 0 Å². The molecular formula is C13H24N2O. The quantitative estimate of drug-likeness (QED) is 0.722. The van der Waals surface area contributed by atoms with Crippen LogP contribution in [0.5, 0.6) is 0 Å². The van der Waals surface area contributed by atoms with Crippen molar-refractivity contribution in [3.05, 3.63) is 0 Å². The molecule has 2 aliphatic heterocycles. The van der Waals surface area contributed by atoms with Gasteiger partial charge in [-0.25, -0.2) is 4.79 Å². The molecule has 92 valence electrons. The summed E-state index contributed by atoms with van der Waals surface area (Å²) in [6.07, 6.45) is 2.43. The van der Waals surface area contributed by atoms with E-state index in [0.29, 0.717) is 0 Å². The topological polar surface area (TPSA) is 23.6 Å². The maximum atomic E-state index is 11.9. The van der Waals surface area contributed by atoms with Crippen LogP contribution in [0.1, 0.15) is 33.6 Å². The predicted octanol–water partition coefficient (Wildman–Crippen LogP) is 2.43. The lowest BCUT2D eigenvalue weighted by Gasteiger charge is -2.47.